The largest absolute Gasteiger partial charge is 0.103 e. The van der Waals surface area contributed by atoms with E-state index in [0.29, 0.717) is 5.41 Å². The molecule has 0 spiro atoms. The van der Waals surface area contributed by atoms with Crippen LogP contribution in [-0.2, 0) is 12.8 Å². The van der Waals surface area contributed by atoms with Crippen molar-refractivity contribution >= 4 is 0 Å². The third kappa shape index (κ3) is 82.6. The molecule has 0 fully saturated rings. The summed E-state index contributed by atoms with van der Waals surface area (Å²) in [4.78, 5) is 0. The Morgan fingerprint density at radius 2 is 1.20 bits per heavy atom. The summed E-state index contributed by atoms with van der Waals surface area (Å²) < 4.78 is 0. The Morgan fingerprint density at radius 3 is 1.52 bits per heavy atom. The number of rotatable bonds is 11. The first-order valence-corrected chi connectivity index (χ1v) is 21.6. The lowest BCUT2D eigenvalue weighted by Crippen LogP contribution is -2.00. The van der Waals surface area contributed by atoms with Gasteiger partial charge in [-0.15, -0.1) is 26.3 Å². The quantitative estimate of drug-likeness (QED) is 0.156. The summed E-state index contributed by atoms with van der Waals surface area (Å²) in [5, 5.41) is 0. The molecule has 1 aliphatic rings. The van der Waals surface area contributed by atoms with Gasteiger partial charge in [0.05, 0.1) is 0 Å². The van der Waals surface area contributed by atoms with Crippen molar-refractivity contribution in [1.82, 2.24) is 0 Å². The van der Waals surface area contributed by atoms with Crippen LogP contribution in [0.25, 0.3) is 0 Å². The molecule has 316 valence electrons. The highest BCUT2D eigenvalue weighted by atomic mass is 14.1. The summed E-state index contributed by atoms with van der Waals surface area (Å²) in [6.07, 6.45) is 29.7. The number of hydrogen-bond donors (Lipinski definition) is 0. The van der Waals surface area contributed by atoms with Crippen molar-refractivity contribution in [3.8, 4) is 0 Å². The van der Waals surface area contributed by atoms with E-state index >= 15 is 0 Å². The highest BCUT2D eigenvalue weighted by molar-refractivity contribution is 5.28. The molecule has 0 heterocycles. The summed E-state index contributed by atoms with van der Waals surface area (Å²) in [6, 6.07) is 9.06. The maximum Gasteiger partial charge on any atom is -0.0135 e. The van der Waals surface area contributed by atoms with Gasteiger partial charge in [0.25, 0.3) is 0 Å². The minimum absolute atomic E-state index is 0.542. The van der Waals surface area contributed by atoms with Crippen molar-refractivity contribution < 1.29 is 0 Å². The van der Waals surface area contributed by atoms with Gasteiger partial charge in [-0.3, -0.25) is 0 Å². The van der Waals surface area contributed by atoms with Crippen LogP contribution in [0, 0.1) is 11.3 Å². The van der Waals surface area contributed by atoms with Crippen molar-refractivity contribution in [3.05, 3.63) is 133 Å². The standard InChI is InChI=1S/C16H24.C9H12.C7H12.C6H14.C5H10.C4H10.C3H6.2C2H6/c1-4-15-10-12-16(13-11-15)9-7-5-6-8-14(2)3;1-8-4-3-5-9(2)7-6-8;1-4-5-6-7(2)3;1-5-6(2,3)4;1-3-5-4-2;1-4(2)3;1-3-2;2*1-2/h10-13H,2,4-9H2,1,3H3;3-4,6-7H,5H2,1-2H3;4H,1-2,5-6H2,3H3;5H2,1-4H3;3,5H,4H2,1-2H3;4H,1-3H3;3H,1H2,2H3;2*1-2H3/b;;;;5-3+;;;;. The van der Waals surface area contributed by atoms with Gasteiger partial charge in [-0.25, -0.2) is 0 Å². The van der Waals surface area contributed by atoms with Gasteiger partial charge >= 0.3 is 0 Å². The second-order valence-corrected chi connectivity index (χ2v) is 15.0. The molecule has 0 saturated heterocycles. The minimum atomic E-state index is 0.542. The van der Waals surface area contributed by atoms with Gasteiger partial charge in [0.1, 0.15) is 0 Å². The van der Waals surface area contributed by atoms with Crippen LogP contribution in [0.2, 0.25) is 0 Å². The first kappa shape index (κ1) is 66.0. The Kier molecular flexibility index (Phi) is 66.6. The van der Waals surface area contributed by atoms with Crippen LogP contribution in [0.5, 0.6) is 0 Å². The van der Waals surface area contributed by atoms with E-state index in [0.717, 1.165) is 38.0 Å². The van der Waals surface area contributed by atoms with Crippen LogP contribution in [-0.4, -0.2) is 0 Å². The van der Waals surface area contributed by atoms with Crippen molar-refractivity contribution in [3.63, 3.8) is 0 Å². The van der Waals surface area contributed by atoms with Crippen molar-refractivity contribution in [2.45, 2.75) is 202 Å². The predicted octanol–water partition coefficient (Wildman–Crippen LogP) is 19.6. The molecule has 0 radical (unpaired) electrons. The molecule has 54 heavy (non-hydrogen) atoms. The molecule has 0 atom stereocenters. The number of allylic oxidation sites excluding steroid dienone is 12. The Balaban J connectivity index is -0.000000101. The third-order valence-electron chi connectivity index (χ3n) is 6.76. The molecule has 0 amide bonds. The average Bonchev–Trinajstić information content (AvgIpc) is 3.32. The number of aryl methyl sites for hydroxylation is 2. The van der Waals surface area contributed by atoms with Gasteiger partial charge in [0.15, 0.2) is 0 Å². The maximum absolute atomic E-state index is 3.93. The molecule has 0 heteroatoms. The number of benzene rings is 1. The zero-order valence-electron chi connectivity index (χ0n) is 40.6. The van der Waals surface area contributed by atoms with E-state index in [-0.39, 0.29) is 0 Å². The summed E-state index contributed by atoms with van der Waals surface area (Å²) >= 11 is 0. The second-order valence-electron chi connectivity index (χ2n) is 15.0. The topological polar surface area (TPSA) is 0 Å². The molecule has 1 aromatic carbocycles. The molecule has 1 aliphatic carbocycles. The smallest absolute Gasteiger partial charge is 0.0135 e. The second kappa shape index (κ2) is 54.5. The Hall–Kier alpha value is -2.86. The van der Waals surface area contributed by atoms with Crippen LogP contribution in [0.4, 0.5) is 0 Å². The molecule has 1 aromatic rings. The van der Waals surface area contributed by atoms with Gasteiger partial charge in [-0.05, 0) is 122 Å². The van der Waals surface area contributed by atoms with Crippen molar-refractivity contribution in [2.24, 2.45) is 11.3 Å². The fourth-order valence-corrected chi connectivity index (χ4v) is 3.29. The van der Waals surface area contributed by atoms with Gasteiger partial charge < -0.3 is 0 Å². The molecule has 0 unspecified atom stereocenters. The van der Waals surface area contributed by atoms with Crippen molar-refractivity contribution in [1.29, 1.82) is 0 Å². The molecule has 0 N–H and O–H groups in total. The Morgan fingerprint density at radius 1 is 0.759 bits per heavy atom. The lowest BCUT2D eigenvalue weighted by atomic mass is 9.94. The van der Waals surface area contributed by atoms with E-state index < -0.39 is 0 Å². The molecule has 0 aromatic heterocycles. The number of hydrogen-bond acceptors (Lipinski definition) is 0. The van der Waals surface area contributed by atoms with E-state index in [4.69, 9.17) is 0 Å². The number of unbranched alkanes of at least 4 members (excludes halogenated alkanes) is 2. The Bertz CT molecular complexity index is 1020. The summed E-state index contributed by atoms with van der Waals surface area (Å²) in [7, 11) is 0. The van der Waals surface area contributed by atoms with E-state index in [1.807, 2.05) is 54.5 Å². The van der Waals surface area contributed by atoms with Crippen LogP contribution >= 0.6 is 0 Å². The van der Waals surface area contributed by atoms with E-state index in [2.05, 4.69) is 170 Å². The highest BCUT2D eigenvalue weighted by Gasteiger charge is 2.03. The molecular formula is C54H100. The summed E-state index contributed by atoms with van der Waals surface area (Å²) in [6.45, 7) is 54.7. The molecule has 2 rings (SSSR count). The first-order chi connectivity index (χ1) is 25.4. The Labute approximate surface area is 344 Å². The predicted molar refractivity (Wildman–Crippen MR) is 262 cm³/mol. The highest BCUT2D eigenvalue weighted by Crippen LogP contribution is 2.16. The van der Waals surface area contributed by atoms with E-state index in [9.17, 15) is 0 Å². The first-order valence-electron chi connectivity index (χ1n) is 21.6. The average molecular weight is 749 g/mol. The van der Waals surface area contributed by atoms with Crippen molar-refractivity contribution in [2.75, 3.05) is 0 Å². The van der Waals surface area contributed by atoms with Gasteiger partial charge in [0.2, 0.25) is 0 Å². The molecule has 0 saturated carbocycles. The molecular weight excluding hydrogens is 649 g/mol. The van der Waals surface area contributed by atoms with Gasteiger partial charge in [-0.1, -0.05) is 198 Å². The van der Waals surface area contributed by atoms with Crippen LogP contribution in [0.1, 0.15) is 200 Å². The summed E-state index contributed by atoms with van der Waals surface area (Å²) in [5.41, 5.74) is 8.78. The SMILES string of the molecule is C/C=C/CC.C=C(C)CCCCCc1ccc(CC)cc1.C=CC.C=CCCC(=C)C.CC.CC.CC(C)C.CC1=CC=C(C)CC=C1.CCC(C)(C)C. The third-order valence-corrected chi connectivity index (χ3v) is 6.76. The van der Waals surface area contributed by atoms with E-state index in [1.165, 1.54) is 71.9 Å². The summed E-state index contributed by atoms with van der Waals surface area (Å²) in [5.74, 6) is 0.833. The minimum Gasteiger partial charge on any atom is -0.103 e. The van der Waals surface area contributed by atoms with E-state index in [1.54, 1.807) is 6.08 Å². The van der Waals surface area contributed by atoms with Crippen LogP contribution in [0.15, 0.2) is 121 Å². The molecule has 0 nitrogen and oxygen atoms in total. The van der Waals surface area contributed by atoms with Crippen LogP contribution < -0.4 is 0 Å². The molecule has 0 bridgehead atoms. The lowest BCUT2D eigenvalue weighted by molar-refractivity contribution is 0.398. The van der Waals surface area contributed by atoms with Gasteiger partial charge in [0, 0.05) is 0 Å². The monoisotopic (exact) mass is 749 g/mol. The zero-order chi connectivity index (χ0) is 43.8. The van der Waals surface area contributed by atoms with Crippen LogP contribution in [0.3, 0.4) is 0 Å². The molecule has 0 aliphatic heterocycles. The normalized spacial score (nSPS) is 10.6. The zero-order valence-corrected chi connectivity index (χ0v) is 40.6. The maximum atomic E-state index is 3.93. The van der Waals surface area contributed by atoms with Gasteiger partial charge in [-0.2, -0.15) is 0 Å². The fourth-order valence-electron chi connectivity index (χ4n) is 3.29. The lowest BCUT2D eigenvalue weighted by Gasteiger charge is -2.12. The fraction of sp³-hybridized carbons (Fsp3) is 0.593.